The lowest BCUT2D eigenvalue weighted by molar-refractivity contribution is -0.139. The van der Waals surface area contributed by atoms with Crippen LogP contribution in [0.2, 0.25) is 0 Å². The standard InChI is InChI=1S/C23H28N2O4/c1-4-28-22-11-16(9-10-21(22)29-15(2)3)13-24-20(23(26)27)12-17-14-25-19-8-6-5-7-18(17)19/h5-11,14-15,20,24-25H,4,12-13H2,1-3H3,(H,26,27). The average Bonchev–Trinajstić information content (AvgIpc) is 3.09. The van der Waals surface area contributed by atoms with Gasteiger partial charge in [0.1, 0.15) is 6.04 Å². The van der Waals surface area contributed by atoms with Crippen molar-refractivity contribution in [3.05, 3.63) is 59.8 Å². The smallest absolute Gasteiger partial charge is 0.321 e. The molecule has 6 heteroatoms. The first kappa shape index (κ1) is 20.7. The number of aromatic nitrogens is 1. The molecule has 0 aliphatic rings. The highest BCUT2D eigenvalue weighted by Gasteiger charge is 2.19. The molecule has 29 heavy (non-hydrogen) atoms. The van der Waals surface area contributed by atoms with Gasteiger partial charge in [-0.15, -0.1) is 0 Å². The monoisotopic (exact) mass is 396 g/mol. The van der Waals surface area contributed by atoms with E-state index in [-0.39, 0.29) is 6.10 Å². The van der Waals surface area contributed by atoms with Crippen LogP contribution >= 0.6 is 0 Å². The van der Waals surface area contributed by atoms with E-state index in [1.54, 1.807) is 0 Å². The van der Waals surface area contributed by atoms with Gasteiger partial charge in [0.15, 0.2) is 11.5 Å². The molecule has 3 N–H and O–H groups in total. The zero-order valence-electron chi connectivity index (χ0n) is 17.1. The molecule has 1 unspecified atom stereocenters. The molecule has 6 nitrogen and oxygen atoms in total. The van der Waals surface area contributed by atoms with Crippen molar-refractivity contribution in [2.45, 2.75) is 45.9 Å². The molecule has 2 aromatic carbocycles. The maximum Gasteiger partial charge on any atom is 0.321 e. The predicted molar refractivity (Wildman–Crippen MR) is 114 cm³/mol. The van der Waals surface area contributed by atoms with E-state index < -0.39 is 12.0 Å². The van der Waals surface area contributed by atoms with Crippen LogP contribution < -0.4 is 14.8 Å². The summed E-state index contributed by atoms with van der Waals surface area (Å²) in [5, 5.41) is 13.9. The summed E-state index contributed by atoms with van der Waals surface area (Å²) in [5.74, 6) is 0.489. The van der Waals surface area contributed by atoms with Gasteiger partial charge in [-0.05, 0) is 50.1 Å². The molecule has 0 aliphatic heterocycles. The SMILES string of the molecule is CCOc1cc(CNC(Cc2c[nH]c3ccccc23)C(=O)O)ccc1OC(C)C. The van der Waals surface area contributed by atoms with Crippen LogP contribution in [0.15, 0.2) is 48.7 Å². The van der Waals surface area contributed by atoms with Gasteiger partial charge in [-0.3, -0.25) is 4.79 Å². The van der Waals surface area contributed by atoms with Crippen molar-refractivity contribution in [3.8, 4) is 11.5 Å². The lowest BCUT2D eigenvalue weighted by Gasteiger charge is -2.17. The molecule has 154 valence electrons. The molecule has 0 aliphatic carbocycles. The third-order valence-corrected chi connectivity index (χ3v) is 4.62. The van der Waals surface area contributed by atoms with Crippen LogP contribution in [0.1, 0.15) is 31.9 Å². The molecular weight excluding hydrogens is 368 g/mol. The number of carboxylic acids is 1. The number of hydrogen-bond acceptors (Lipinski definition) is 4. The van der Waals surface area contributed by atoms with Crippen LogP contribution in [0, 0.1) is 0 Å². The Kier molecular flexibility index (Phi) is 6.77. The van der Waals surface area contributed by atoms with Crippen LogP contribution in [-0.4, -0.2) is 34.8 Å². The fraction of sp³-hybridized carbons (Fsp3) is 0.348. The van der Waals surface area contributed by atoms with Crippen molar-refractivity contribution in [1.82, 2.24) is 10.3 Å². The fourth-order valence-electron chi connectivity index (χ4n) is 3.29. The summed E-state index contributed by atoms with van der Waals surface area (Å²) in [5.41, 5.74) is 2.93. The summed E-state index contributed by atoms with van der Waals surface area (Å²) in [7, 11) is 0. The number of fused-ring (bicyclic) bond motifs is 1. The zero-order chi connectivity index (χ0) is 20.8. The van der Waals surface area contributed by atoms with Gasteiger partial charge in [0.2, 0.25) is 0 Å². The number of benzene rings is 2. The highest BCUT2D eigenvalue weighted by atomic mass is 16.5. The molecule has 0 spiro atoms. The van der Waals surface area contributed by atoms with Crippen molar-refractivity contribution in [1.29, 1.82) is 0 Å². The molecule has 0 bridgehead atoms. The van der Waals surface area contributed by atoms with Crippen molar-refractivity contribution in [3.63, 3.8) is 0 Å². The van der Waals surface area contributed by atoms with Crippen LogP contribution in [-0.2, 0) is 17.8 Å². The zero-order valence-corrected chi connectivity index (χ0v) is 17.1. The first-order valence-electron chi connectivity index (χ1n) is 9.91. The number of rotatable bonds is 10. The van der Waals surface area contributed by atoms with E-state index >= 15 is 0 Å². The Balaban J connectivity index is 1.71. The van der Waals surface area contributed by atoms with Crippen molar-refractivity contribution >= 4 is 16.9 Å². The molecule has 3 rings (SSSR count). The Morgan fingerprint density at radius 2 is 1.97 bits per heavy atom. The number of H-pyrrole nitrogens is 1. The van der Waals surface area contributed by atoms with E-state index in [1.165, 1.54) is 0 Å². The molecule has 0 radical (unpaired) electrons. The number of carboxylic acid groups (broad SMARTS) is 1. The van der Waals surface area contributed by atoms with Crippen LogP contribution in [0.25, 0.3) is 10.9 Å². The normalized spacial score (nSPS) is 12.3. The Morgan fingerprint density at radius 1 is 1.17 bits per heavy atom. The maximum absolute atomic E-state index is 11.8. The molecule has 3 aromatic rings. The summed E-state index contributed by atoms with van der Waals surface area (Å²) < 4.78 is 11.5. The molecule has 0 amide bonds. The first-order chi connectivity index (χ1) is 14.0. The van der Waals surface area contributed by atoms with Gasteiger partial charge in [0.05, 0.1) is 12.7 Å². The summed E-state index contributed by atoms with van der Waals surface area (Å²) in [6, 6.07) is 12.9. The van der Waals surface area contributed by atoms with Gasteiger partial charge in [0, 0.05) is 30.1 Å². The number of ether oxygens (including phenoxy) is 2. The molecule has 1 atom stereocenters. The van der Waals surface area contributed by atoms with Gasteiger partial charge in [0.25, 0.3) is 0 Å². The fourth-order valence-corrected chi connectivity index (χ4v) is 3.29. The third-order valence-electron chi connectivity index (χ3n) is 4.62. The van der Waals surface area contributed by atoms with Gasteiger partial charge in [-0.1, -0.05) is 24.3 Å². The van der Waals surface area contributed by atoms with Gasteiger partial charge >= 0.3 is 5.97 Å². The summed E-state index contributed by atoms with van der Waals surface area (Å²) in [6.07, 6.45) is 2.32. The number of aliphatic carboxylic acids is 1. The summed E-state index contributed by atoms with van der Waals surface area (Å²) in [6.45, 7) is 6.80. The predicted octanol–water partition coefficient (Wildman–Crippen LogP) is 4.14. The second-order valence-corrected chi connectivity index (χ2v) is 7.22. The van der Waals surface area contributed by atoms with Gasteiger partial charge in [-0.2, -0.15) is 0 Å². The molecular formula is C23H28N2O4. The third kappa shape index (κ3) is 5.29. The minimum atomic E-state index is -0.875. The molecule has 1 heterocycles. The minimum Gasteiger partial charge on any atom is -0.490 e. The summed E-state index contributed by atoms with van der Waals surface area (Å²) >= 11 is 0. The molecule has 1 aromatic heterocycles. The average molecular weight is 396 g/mol. The Hall–Kier alpha value is -2.99. The van der Waals surface area contributed by atoms with E-state index in [1.807, 2.05) is 69.4 Å². The highest BCUT2D eigenvalue weighted by molar-refractivity contribution is 5.84. The van der Waals surface area contributed by atoms with Crippen molar-refractivity contribution < 1.29 is 19.4 Å². The Bertz CT molecular complexity index is 964. The quantitative estimate of drug-likeness (QED) is 0.480. The largest absolute Gasteiger partial charge is 0.490 e. The Morgan fingerprint density at radius 3 is 2.69 bits per heavy atom. The van der Waals surface area contributed by atoms with E-state index in [0.29, 0.717) is 31.1 Å². The lowest BCUT2D eigenvalue weighted by Crippen LogP contribution is -2.38. The summed E-state index contributed by atoms with van der Waals surface area (Å²) in [4.78, 5) is 15.0. The van der Waals surface area contributed by atoms with E-state index in [0.717, 1.165) is 22.0 Å². The first-order valence-corrected chi connectivity index (χ1v) is 9.91. The highest BCUT2D eigenvalue weighted by Crippen LogP contribution is 2.29. The second kappa shape index (κ2) is 9.47. The van der Waals surface area contributed by atoms with Gasteiger partial charge < -0.3 is 24.9 Å². The number of nitrogens with one attached hydrogen (secondary N) is 2. The maximum atomic E-state index is 11.8. The number of hydrogen-bond donors (Lipinski definition) is 3. The topological polar surface area (TPSA) is 83.6 Å². The van der Waals surface area contributed by atoms with Crippen molar-refractivity contribution in [2.75, 3.05) is 6.61 Å². The van der Waals surface area contributed by atoms with Crippen molar-refractivity contribution in [2.24, 2.45) is 0 Å². The van der Waals surface area contributed by atoms with Crippen LogP contribution in [0.3, 0.4) is 0 Å². The van der Waals surface area contributed by atoms with Gasteiger partial charge in [-0.25, -0.2) is 0 Å². The van der Waals surface area contributed by atoms with Crippen LogP contribution in [0.4, 0.5) is 0 Å². The van der Waals surface area contributed by atoms with Crippen LogP contribution in [0.5, 0.6) is 11.5 Å². The molecule has 0 saturated heterocycles. The van der Waals surface area contributed by atoms with E-state index in [2.05, 4.69) is 10.3 Å². The number of para-hydroxylation sites is 1. The number of aromatic amines is 1. The second-order valence-electron chi connectivity index (χ2n) is 7.22. The molecule has 0 saturated carbocycles. The minimum absolute atomic E-state index is 0.0470. The molecule has 0 fully saturated rings. The van der Waals surface area contributed by atoms with E-state index in [9.17, 15) is 9.90 Å². The van der Waals surface area contributed by atoms with E-state index in [4.69, 9.17) is 9.47 Å². The lowest BCUT2D eigenvalue weighted by atomic mass is 10.0. The number of carbonyl (C=O) groups is 1. The Labute approximate surface area is 170 Å².